The first-order valence-corrected chi connectivity index (χ1v) is 4.24. The van der Waals surface area contributed by atoms with Gasteiger partial charge in [-0.25, -0.2) is 9.79 Å². The van der Waals surface area contributed by atoms with Crippen LogP contribution in [-0.2, 0) is 9.53 Å². The summed E-state index contributed by atoms with van der Waals surface area (Å²) in [5, 5.41) is 0. The van der Waals surface area contributed by atoms with Crippen molar-refractivity contribution < 1.29 is 9.53 Å². The highest BCUT2D eigenvalue weighted by atomic mass is 16.5. The maximum Gasteiger partial charge on any atom is 0.235 e. The number of morpholine rings is 1. The van der Waals surface area contributed by atoms with Crippen molar-refractivity contribution in [1.82, 2.24) is 4.90 Å². The molecule has 1 saturated heterocycles. The highest BCUT2D eigenvalue weighted by Crippen LogP contribution is 2.04. The number of rotatable bonds is 3. The summed E-state index contributed by atoms with van der Waals surface area (Å²) in [7, 11) is 0. The summed E-state index contributed by atoms with van der Waals surface area (Å²) in [5.74, 6) is 0. The van der Waals surface area contributed by atoms with Crippen molar-refractivity contribution in [2.45, 2.75) is 13.0 Å². The molecule has 4 heteroatoms. The van der Waals surface area contributed by atoms with Gasteiger partial charge in [0, 0.05) is 13.1 Å². The molecule has 12 heavy (non-hydrogen) atoms. The van der Waals surface area contributed by atoms with E-state index in [2.05, 4.69) is 16.8 Å². The topological polar surface area (TPSA) is 41.9 Å². The second-order valence-corrected chi connectivity index (χ2v) is 2.82. The van der Waals surface area contributed by atoms with E-state index in [-0.39, 0.29) is 6.10 Å². The van der Waals surface area contributed by atoms with E-state index in [1.807, 2.05) is 0 Å². The first kappa shape index (κ1) is 9.39. The Balaban J connectivity index is 2.30. The van der Waals surface area contributed by atoms with Crippen LogP contribution in [0, 0.1) is 0 Å². The van der Waals surface area contributed by atoms with E-state index in [9.17, 15) is 4.79 Å². The lowest BCUT2D eigenvalue weighted by Crippen LogP contribution is -2.43. The summed E-state index contributed by atoms with van der Waals surface area (Å²) in [4.78, 5) is 15.6. The van der Waals surface area contributed by atoms with Crippen LogP contribution in [0.15, 0.2) is 4.99 Å². The molecular formula is C8H14N2O2. The van der Waals surface area contributed by atoms with Gasteiger partial charge in [-0.3, -0.25) is 4.90 Å². The molecule has 0 aliphatic carbocycles. The summed E-state index contributed by atoms with van der Waals surface area (Å²) in [6.45, 7) is 6.20. The Labute approximate surface area is 72.2 Å². The smallest absolute Gasteiger partial charge is 0.235 e. The Morgan fingerprint density at radius 2 is 2.58 bits per heavy atom. The molecule has 1 fully saturated rings. The van der Waals surface area contributed by atoms with E-state index in [0.717, 1.165) is 26.2 Å². The molecule has 4 nitrogen and oxygen atoms in total. The van der Waals surface area contributed by atoms with E-state index in [0.29, 0.717) is 6.54 Å². The van der Waals surface area contributed by atoms with Crippen LogP contribution in [-0.4, -0.2) is 49.9 Å². The number of isocyanates is 1. The highest BCUT2D eigenvalue weighted by Gasteiger charge is 2.18. The van der Waals surface area contributed by atoms with Crippen molar-refractivity contribution in [1.29, 1.82) is 0 Å². The standard InChI is InChI=1S/C8H14N2O2/c1-2-10-3-4-12-8(6-10)5-9-7-11/h8H,2-6H2,1H3. The van der Waals surface area contributed by atoms with Gasteiger partial charge in [0.1, 0.15) is 0 Å². The van der Waals surface area contributed by atoms with Crippen molar-refractivity contribution >= 4 is 6.08 Å². The monoisotopic (exact) mass is 170 g/mol. The van der Waals surface area contributed by atoms with E-state index < -0.39 is 0 Å². The van der Waals surface area contributed by atoms with Crippen LogP contribution in [0.2, 0.25) is 0 Å². The molecule has 0 bridgehead atoms. The maximum absolute atomic E-state index is 9.84. The van der Waals surface area contributed by atoms with Gasteiger partial charge in [-0.05, 0) is 6.54 Å². The Kier molecular flexibility index (Phi) is 3.94. The van der Waals surface area contributed by atoms with Crippen LogP contribution in [0.25, 0.3) is 0 Å². The molecule has 0 aromatic carbocycles. The average molecular weight is 170 g/mol. The molecule has 1 heterocycles. The zero-order chi connectivity index (χ0) is 8.81. The minimum Gasteiger partial charge on any atom is -0.374 e. The number of hydrogen-bond donors (Lipinski definition) is 0. The largest absolute Gasteiger partial charge is 0.374 e. The van der Waals surface area contributed by atoms with Crippen molar-refractivity contribution in [3.8, 4) is 0 Å². The van der Waals surface area contributed by atoms with Gasteiger partial charge in [0.15, 0.2) is 0 Å². The molecule has 1 atom stereocenters. The van der Waals surface area contributed by atoms with Crippen molar-refractivity contribution in [2.75, 3.05) is 32.8 Å². The van der Waals surface area contributed by atoms with Gasteiger partial charge >= 0.3 is 0 Å². The van der Waals surface area contributed by atoms with Crippen LogP contribution in [0.4, 0.5) is 0 Å². The van der Waals surface area contributed by atoms with Crippen molar-refractivity contribution in [3.63, 3.8) is 0 Å². The van der Waals surface area contributed by atoms with Gasteiger partial charge < -0.3 is 4.74 Å². The van der Waals surface area contributed by atoms with Gasteiger partial charge in [0.25, 0.3) is 0 Å². The van der Waals surface area contributed by atoms with Gasteiger partial charge in [0.05, 0.1) is 19.3 Å². The number of likely N-dealkylation sites (N-methyl/N-ethyl adjacent to an activating group) is 1. The normalized spacial score (nSPS) is 24.9. The van der Waals surface area contributed by atoms with E-state index in [4.69, 9.17) is 4.74 Å². The molecule has 1 aliphatic rings. The summed E-state index contributed by atoms with van der Waals surface area (Å²) in [6.07, 6.45) is 1.61. The molecule has 0 spiro atoms. The Morgan fingerprint density at radius 1 is 1.75 bits per heavy atom. The third-order valence-electron chi connectivity index (χ3n) is 2.03. The lowest BCUT2D eigenvalue weighted by Gasteiger charge is -2.30. The fraction of sp³-hybridized carbons (Fsp3) is 0.875. The Morgan fingerprint density at radius 3 is 3.25 bits per heavy atom. The van der Waals surface area contributed by atoms with E-state index >= 15 is 0 Å². The van der Waals surface area contributed by atoms with E-state index in [1.165, 1.54) is 6.08 Å². The molecule has 0 saturated carbocycles. The quantitative estimate of drug-likeness (QED) is 0.443. The number of carbonyl (C=O) groups excluding carboxylic acids is 1. The number of ether oxygens (including phenoxy) is 1. The molecule has 1 rings (SSSR count). The highest BCUT2D eigenvalue weighted by molar-refractivity contribution is 5.32. The number of hydrogen-bond acceptors (Lipinski definition) is 4. The number of nitrogens with zero attached hydrogens (tertiary/aromatic N) is 2. The van der Waals surface area contributed by atoms with Gasteiger partial charge in [-0.1, -0.05) is 6.92 Å². The zero-order valence-corrected chi connectivity index (χ0v) is 7.32. The predicted molar refractivity (Wildman–Crippen MR) is 44.8 cm³/mol. The summed E-state index contributed by atoms with van der Waals surface area (Å²) in [6, 6.07) is 0. The summed E-state index contributed by atoms with van der Waals surface area (Å²) < 4.78 is 5.40. The van der Waals surface area contributed by atoms with Crippen LogP contribution in [0.5, 0.6) is 0 Å². The first-order valence-electron chi connectivity index (χ1n) is 4.24. The molecule has 1 unspecified atom stereocenters. The minimum atomic E-state index is 0.0835. The van der Waals surface area contributed by atoms with Crippen LogP contribution < -0.4 is 0 Å². The molecule has 0 radical (unpaired) electrons. The number of aliphatic imine (C=N–C) groups is 1. The second-order valence-electron chi connectivity index (χ2n) is 2.82. The lowest BCUT2D eigenvalue weighted by atomic mass is 10.3. The second kappa shape index (κ2) is 5.04. The zero-order valence-electron chi connectivity index (χ0n) is 7.32. The summed E-state index contributed by atoms with van der Waals surface area (Å²) in [5.41, 5.74) is 0. The average Bonchev–Trinajstić information content (AvgIpc) is 2.15. The molecule has 0 amide bonds. The Bertz CT molecular complexity index is 178. The van der Waals surface area contributed by atoms with Crippen LogP contribution >= 0.6 is 0 Å². The predicted octanol–water partition coefficient (Wildman–Crippen LogP) is 0.0429. The Hall–Kier alpha value is -0.700. The molecule has 0 N–H and O–H groups in total. The minimum absolute atomic E-state index is 0.0835. The molecule has 0 aromatic rings. The molecular weight excluding hydrogens is 156 g/mol. The maximum atomic E-state index is 9.84. The molecule has 0 aromatic heterocycles. The van der Waals surface area contributed by atoms with Gasteiger partial charge in [0.2, 0.25) is 6.08 Å². The third-order valence-corrected chi connectivity index (χ3v) is 2.03. The van der Waals surface area contributed by atoms with E-state index in [1.54, 1.807) is 0 Å². The fourth-order valence-corrected chi connectivity index (χ4v) is 1.32. The summed E-state index contributed by atoms with van der Waals surface area (Å²) >= 11 is 0. The molecule has 68 valence electrons. The van der Waals surface area contributed by atoms with Crippen molar-refractivity contribution in [2.24, 2.45) is 4.99 Å². The van der Waals surface area contributed by atoms with Crippen molar-refractivity contribution in [3.05, 3.63) is 0 Å². The fourth-order valence-electron chi connectivity index (χ4n) is 1.32. The van der Waals surface area contributed by atoms with Gasteiger partial charge in [-0.2, -0.15) is 0 Å². The first-order chi connectivity index (χ1) is 5.86. The lowest BCUT2D eigenvalue weighted by molar-refractivity contribution is -0.0209. The van der Waals surface area contributed by atoms with Gasteiger partial charge in [-0.15, -0.1) is 0 Å². The van der Waals surface area contributed by atoms with Crippen LogP contribution in [0.3, 0.4) is 0 Å². The molecule has 1 aliphatic heterocycles. The van der Waals surface area contributed by atoms with Crippen LogP contribution in [0.1, 0.15) is 6.92 Å². The third kappa shape index (κ3) is 2.74. The SMILES string of the molecule is CCN1CCOC(CN=C=O)C1.